The zero-order valence-corrected chi connectivity index (χ0v) is 12.7. The highest BCUT2D eigenvalue weighted by Gasteiger charge is 2.14. The van der Waals surface area contributed by atoms with Gasteiger partial charge in [-0.2, -0.15) is 8.78 Å². The van der Waals surface area contributed by atoms with E-state index in [0.29, 0.717) is 11.5 Å². The van der Waals surface area contributed by atoms with E-state index < -0.39 is 6.61 Å². The number of thiophene rings is 1. The van der Waals surface area contributed by atoms with Gasteiger partial charge in [0.1, 0.15) is 22.7 Å². The second kappa shape index (κ2) is 5.84. The Balaban J connectivity index is 2.04. The molecule has 3 aromatic rings. The summed E-state index contributed by atoms with van der Waals surface area (Å²) in [6.45, 7) is 1.13. The lowest BCUT2D eigenvalue weighted by molar-refractivity contribution is -0.0493. The molecular weight excluding hydrogens is 308 g/mol. The van der Waals surface area contributed by atoms with E-state index in [9.17, 15) is 8.78 Å². The number of fused-ring (bicyclic) bond motifs is 1. The van der Waals surface area contributed by atoms with Crippen molar-refractivity contribution < 1.29 is 13.5 Å². The number of nitrogens with zero attached hydrogens (tertiary/aromatic N) is 2. The monoisotopic (exact) mass is 321 g/mol. The fourth-order valence-corrected chi connectivity index (χ4v) is 3.17. The van der Waals surface area contributed by atoms with E-state index >= 15 is 0 Å². The van der Waals surface area contributed by atoms with Crippen LogP contribution in [0.4, 0.5) is 20.3 Å². The van der Waals surface area contributed by atoms with Gasteiger partial charge in [0.15, 0.2) is 0 Å². The van der Waals surface area contributed by atoms with Gasteiger partial charge >= 0.3 is 6.61 Å². The van der Waals surface area contributed by atoms with Crippen molar-refractivity contribution in [3.05, 3.63) is 41.0 Å². The number of nitrogens with one attached hydrogen (secondary N) is 1. The van der Waals surface area contributed by atoms with E-state index in [1.807, 2.05) is 13.8 Å². The molecule has 1 aromatic carbocycles. The van der Waals surface area contributed by atoms with Crippen molar-refractivity contribution in [3.8, 4) is 5.75 Å². The summed E-state index contributed by atoms with van der Waals surface area (Å²) in [7, 11) is 0. The maximum atomic E-state index is 12.5. The van der Waals surface area contributed by atoms with Crippen molar-refractivity contribution in [2.24, 2.45) is 0 Å². The molecule has 0 aliphatic carbocycles. The molecule has 0 fully saturated rings. The maximum Gasteiger partial charge on any atom is 0.387 e. The highest BCUT2D eigenvalue weighted by Crippen LogP contribution is 2.35. The minimum absolute atomic E-state index is 0.0777. The number of benzene rings is 1. The van der Waals surface area contributed by atoms with Gasteiger partial charge in [-0.1, -0.05) is 12.1 Å². The lowest BCUT2D eigenvalue weighted by Crippen LogP contribution is -2.05. The van der Waals surface area contributed by atoms with Crippen LogP contribution in [0.5, 0.6) is 5.75 Å². The molecule has 3 rings (SSSR count). The number of alkyl halides is 2. The second-order valence-electron chi connectivity index (χ2n) is 4.69. The summed E-state index contributed by atoms with van der Waals surface area (Å²) in [4.78, 5) is 10.5. The number of halogens is 2. The fourth-order valence-electron chi connectivity index (χ4n) is 2.17. The first-order valence-corrected chi connectivity index (χ1v) is 7.39. The number of hydrogen-bond donors (Lipinski definition) is 1. The molecule has 0 radical (unpaired) electrons. The second-order valence-corrected chi connectivity index (χ2v) is 5.89. The molecule has 4 nitrogen and oxygen atoms in total. The summed E-state index contributed by atoms with van der Waals surface area (Å²) in [5.41, 5.74) is 1.52. The van der Waals surface area contributed by atoms with Crippen LogP contribution in [0.15, 0.2) is 30.6 Å². The Morgan fingerprint density at radius 2 is 1.95 bits per heavy atom. The lowest BCUT2D eigenvalue weighted by atomic mass is 10.2. The van der Waals surface area contributed by atoms with Gasteiger partial charge in [0.2, 0.25) is 0 Å². The number of ether oxygens (including phenoxy) is 1. The first-order chi connectivity index (χ1) is 10.6. The van der Waals surface area contributed by atoms with Crippen molar-refractivity contribution in [1.82, 2.24) is 9.97 Å². The smallest absolute Gasteiger partial charge is 0.387 e. The Bertz CT molecular complexity index is 820. The van der Waals surface area contributed by atoms with Crippen LogP contribution in [0.2, 0.25) is 0 Å². The van der Waals surface area contributed by atoms with Gasteiger partial charge in [0, 0.05) is 4.88 Å². The Labute approximate surface area is 129 Å². The molecule has 1 N–H and O–H groups in total. The number of rotatable bonds is 4. The van der Waals surface area contributed by atoms with Crippen LogP contribution in [0, 0.1) is 13.8 Å². The van der Waals surface area contributed by atoms with E-state index in [-0.39, 0.29) is 5.75 Å². The standard InChI is InChI=1S/C15H13F2N3OS/c1-8-9(2)22-14-12(8)13(18-7-19-14)20-10-5-3-4-6-11(10)21-15(16)17/h3-7,15H,1-2H3,(H,18,19,20). The minimum atomic E-state index is -2.88. The fraction of sp³-hybridized carbons (Fsp3) is 0.200. The minimum Gasteiger partial charge on any atom is -0.433 e. The topological polar surface area (TPSA) is 47.0 Å². The summed E-state index contributed by atoms with van der Waals surface area (Å²) in [5, 5.41) is 3.97. The molecule has 0 spiro atoms. The number of aromatic nitrogens is 2. The van der Waals surface area contributed by atoms with Crippen LogP contribution in [0.25, 0.3) is 10.2 Å². The van der Waals surface area contributed by atoms with Gasteiger partial charge < -0.3 is 10.1 Å². The number of para-hydroxylation sites is 2. The Morgan fingerprint density at radius 1 is 1.18 bits per heavy atom. The zero-order valence-electron chi connectivity index (χ0n) is 11.9. The predicted molar refractivity (Wildman–Crippen MR) is 83.2 cm³/mol. The summed E-state index contributed by atoms with van der Waals surface area (Å²) >= 11 is 1.58. The summed E-state index contributed by atoms with van der Waals surface area (Å²) in [6.07, 6.45) is 1.45. The van der Waals surface area contributed by atoms with Crippen LogP contribution in [0.1, 0.15) is 10.4 Å². The first-order valence-electron chi connectivity index (χ1n) is 6.58. The number of aryl methyl sites for hydroxylation is 2. The predicted octanol–water partition coefficient (Wildman–Crippen LogP) is 4.65. The van der Waals surface area contributed by atoms with Crippen LogP contribution in [0.3, 0.4) is 0 Å². The van der Waals surface area contributed by atoms with Crippen molar-refractivity contribution in [3.63, 3.8) is 0 Å². The molecule has 2 heterocycles. The Hall–Kier alpha value is -2.28. The average molecular weight is 321 g/mol. The van der Waals surface area contributed by atoms with Gasteiger partial charge in [-0.25, -0.2) is 9.97 Å². The zero-order chi connectivity index (χ0) is 15.7. The lowest BCUT2D eigenvalue weighted by Gasteiger charge is -2.12. The van der Waals surface area contributed by atoms with E-state index in [1.165, 1.54) is 12.4 Å². The largest absolute Gasteiger partial charge is 0.433 e. The SMILES string of the molecule is Cc1sc2ncnc(Nc3ccccc3OC(F)F)c2c1C. The normalized spacial score (nSPS) is 11.1. The molecule has 0 unspecified atom stereocenters. The molecule has 0 atom stereocenters. The molecule has 0 aliphatic rings. The summed E-state index contributed by atoms with van der Waals surface area (Å²) in [5.74, 6) is 0.658. The van der Waals surface area contributed by atoms with Crippen molar-refractivity contribution in [1.29, 1.82) is 0 Å². The van der Waals surface area contributed by atoms with Crippen LogP contribution in [-0.4, -0.2) is 16.6 Å². The molecule has 0 bridgehead atoms. The van der Waals surface area contributed by atoms with Crippen molar-refractivity contribution >= 4 is 33.1 Å². The van der Waals surface area contributed by atoms with E-state index in [4.69, 9.17) is 0 Å². The highest BCUT2D eigenvalue weighted by molar-refractivity contribution is 7.18. The molecule has 0 saturated carbocycles. The third-order valence-corrected chi connectivity index (χ3v) is 4.44. The molecule has 2 aromatic heterocycles. The molecule has 22 heavy (non-hydrogen) atoms. The number of hydrogen-bond acceptors (Lipinski definition) is 5. The molecule has 114 valence electrons. The quantitative estimate of drug-likeness (QED) is 0.759. The third-order valence-electron chi connectivity index (χ3n) is 3.32. The maximum absolute atomic E-state index is 12.5. The van der Waals surface area contributed by atoms with Gasteiger partial charge in [-0.05, 0) is 31.5 Å². The summed E-state index contributed by atoms with van der Waals surface area (Å²) < 4.78 is 29.5. The third kappa shape index (κ3) is 2.71. The molecule has 0 amide bonds. The Morgan fingerprint density at radius 3 is 2.73 bits per heavy atom. The Kier molecular flexibility index (Phi) is 3.89. The van der Waals surface area contributed by atoms with Gasteiger partial charge in [-0.15, -0.1) is 11.3 Å². The molecular formula is C15H13F2N3OS. The number of anilines is 2. The average Bonchev–Trinajstić information content (AvgIpc) is 2.77. The summed E-state index contributed by atoms with van der Waals surface area (Å²) in [6, 6.07) is 6.53. The van der Waals surface area contributed by atoms with E-state index in [1.54, 1.807) is 29.5 Å². The van der Waals surface area contributed by atoms with Crippen molar-refractivity contribution in [2.45, 2.75) is 20.5 Å². The van der Waals surface area contributed by atoms with E-state index in [2.05, 4.69) is 20.0 Å². The van der Waals surface area contributed by atoms with Gasteiger partial charge in [0.25, 0.3) is 0 Å². The van der Waals surface area contributed by atoms with Crippen LogP contribution >= 0.6 is 11.3 Å². The van der Waals surface area contributed by atoms with Gasteiger partial charge in [0.05, 0.1) is 11.1 Å². The molecule has 0 aliphatic heterocycles. The molecule has 0 saturated heterocycles. The van der Waals surface area contributed by atoms with Crippen molar-refractivity contribution in [2.75, 3.05) is 5.32 Å². The molecule has 7 heteroatoms. The van der Waals surface area contributed by atoms with Crippen LogP contribution < -0.4 is 10.1 Å². The first kappa shape index (κ1) is 14.6. The van der Waals surface area contributed by atoms with Crippen LogP contribution in [-0.2, 0) is 0 Å². The highest BCUT2D eigenvalue weighted by atomic mass is 32.1. The van der Waals surface area contributed by atoms with E-state index in [0.717, 1.165) is 20.7 Å². The van der Waals surface area contributed by atoms with Gasteiger partial charge in [-0.3, -0.25) is 0 Å².